The second kappa shape index (κ2) is 4.50. The Bertz CT molecular complexity index is 627. The number of hydrogen-bond donors (Lipinski definition) is 1. The summed E-state index contributed by atoms with van der Waals surface area (Å²) >= 11 is 0. The van der Waals surface area contributed by atoms with E-state index in [9.17, 15) is 9.18 Å². The lowest BCUT2D eigenvalue weighted by atomic mass is 9.91. The Morgan fingerprint density at radius 2 is 1.95 bits per heavy atom. The summed E-state index contributed by atoms with van der Waals surface area (Å²) in [5.74, 6) is -1.56. The van der Waals surface area contributed by atoms with Crippen molar-refractivity contribution in [2.24, 2.45) is 0 Å². The fourth-order valence-corrected chi connectivity index (χ4v) is 1.83. The van der Waals surface area contributed by atoms with Gasteiger partial charge in [0.25, 0.3) is 0 Å². The summed E-state index contributed by atoms with van der Waals surface area (Å²) in [5.41, 5.74) is 0.464. The number of aromatic nitrogens is 2. The molecule has 0 amide bonds. The number of halogens is 1. The first-order valence-electron chi connectivity index (χ1n) is 5.89. The maximum absolute atomic E-state index is 13.8. The molecule has 0 unspecified atom stereocenters. The van der Waals surface area contributed by atoms with Crippen LogP contribution in [0.25, 0.3) is 5.69 Å². The first-order chi connectivity index (χ1) is 8.80. The Morgan fingerprint density at radius 3 is 2.47 bits per heavy atom. The fraction of sp³-hybridized carbons (Fsp3) is 0.286. The van der Waals surface area contributed by atoms with Crippen LogP contribution in [-0.2, 0) is 5.41 Å². The number of hydrogen-bond acceptors (Lipinski definition) is 2. The first kappa shape index (κ1) is 13.3. The number of para-hydroxylation sites is 1. The highest BCUT2D eigenvalue weighted by atomic mass is 19.1. The predicted molar refractivity (Wildman–Crippen MR) is 69.2 cm³/mol. The van der Waals surface area contributed by atoms with E-state index in [1.807, 2.05) is 20.8 Å². The Balaban J connectivity index is 2.69. The van der Waals surface area contributed by atoms with Crippen molar-refractivity contribution >= 4 is 5.97 Å². The molecule has 0 aliphatic heterocycles. The van der Waals surface area contributed by atoms with Gasteiger partial charge in [0.2, 0.25) is 0 Å². The Kier molecular flexibility index (Phi) is 3.14. The normalized spacial score (nSPS) is 11.6. The molecule has 0 radical (unpaired) electrons. The molecule has 1 N–H and O–H groups in total. The molecule has 2 aromatic rings. The molecule has 0 aliphatic rings. The highest BCUT2D eigenvalue weighted by Gasteiger charge is 2.24. The molecule has 0 saturated carbocycles. The molecule has 1 aromatic carbocycles. The van der Waals surface area contributed by atoms with Gasteiger partial charge in [-0.15, -0.1) is 0 Å². The molecule has 100 valence electrons. The maximum Gasteiger partial charge on any atom is 0.356 e. The lowest BCUT2D eigenvalue weighted by molar-refractivity contribution is 0.0690. The number of carbonyl (C=O) groups is 1. The Morgan fingerprint density at radius 1 is 1.32 bits per heavy atom. The minimum absolute atomic E-state index is 0.0896. The van der Waals surface area contributed by atoms with E-state index >= 15 is 0 Å². The number of carboxylic acid groups (broad SMARTS) is 1. The molecular formula is C14H15FN2O2. The predicted octanol–water partition coefficient (Wildman–Crippen LogP) is 3.01. The van der Waals surface area contributed by atoms with Crippen molar-refractivity contribution in [3.05, 3.63) is 47.5 Å². The summed E-state index contributed by atoms with van der Waals surface area (Å²) in [7, 11) is 0. The molecule has 1 heterocycles. The van der Waals surface area contributed by atoms with Crippen molar-refractivity contribution in [3.8, 4) is 5.69 Å². The number of carboxylic acids is 1. The zero-order valence-electron chi connectivity index (χ0n) is 11.0. The van der Waals surface area contributed by atoms with E-state index in [0.717, 1.165) is 0 Å². The van der Waals surface area contributed by atoms with E-state index in [2.05, 4.69) is 5.10 Å². The topological polar surface area (TPSA) is 55.1 Å². The van der Waals surface area contributed by atoms with Crippen molar-refractivity contribution in [2.45, 2.75) is 26.2 Å². The van der Waals surface area contributed by atoms with Crippen LogP contribution in [-0.4, -0.2) is 20.9 Å². The second-order valence-electron chi connectivity index (χ2n) is 5.33. The SMILES string of the molecule is CC(C)(C)c1cc(C(=O)O)nn1-c1ccccc1F. The van der Waals surface area contributed by atoms with Crippen LogP contribution in [0.1, 0.15) is 37.0 Å². The van der Waals surface area contributed by atoms with Crippen molar-refractivity contribution in [1.29, 1.82) is 0 Å². The van der Waals surface area contributed by atoms with Crippen LogP contribution in [0.5, 0.6) is 0 Å². The van der Waals surface area contributed by atoms with Crippen LogP contribution in [0.2, 0.25) is 0 Å². The van der Waals surface area contributed by atoms with Crippen LogP contribution in [0.4, 0.5) is 4.39 Å². The van der Waals surface area contributed by atoms with Crippen molar-refractivity contribution in [3.63, 3.8) is 0 Å². The summed E-state index contributed by atoms with van der Waals surface area (Å²) in [5, 5.41) is 13.0. The molecule has 0 aliphatic carbocycles. The summed E-state index contributed by atoms with van der Waals surface area (Å²) in [6.45, 7) is 5.77. The molecule has 5 heteroatoms. The lowest BCUT2D eigenvalue weighted by Crippen LogP contribution is -2.18. The van der Waals surface area contributed by atoms with Gasteiger partial charge in [0.05, 0.1) is 5.69 Å². The van der Waals surface area contributed by atoms with Gasteiger partial charge in [-0.05, 0) is 18.2 Å². The zero-order chi connectivity index (χ0) is 14.2. The number of benzene rings is 1. The van der Waals surface area contributed by atoms with Crippen molar-refractivity contribution < 1.29 is 14.3 Å². The smallest absolute Gasteiger partial charge is 0.356 e. The van der Waals surface area contributed by atoms with Gasteiger partial charge >= 0.3 is 5.97 Å². The average molecular weight is 262 g/mol. The van der Waals surface area contributed by atoms with E-state index < -0.39 is 11.8 Å². The molecule has 0 saturated heterocycles. The minimum Gasteiger partial charge on any atom is -0.476 e. The molecule has 1 aromatic heterocycles. The maximum atomic E-state index is 13.8. The van der Waals surface area contributed by atoms with Crippen LogP contribution in [0.3, 0.4) is 0 Å². The molecule has 0 fully saturated rings. The van der Waals surface area contributed by atoms with Crippen LogP contribution in [0.15, 0.2) is 30.3 Å². The van der Waals surface area contributed by atoms with Gasteiger partial charge in [0.1, 0.15) is 11.5 Å². The van der Waals surface area contributed by atoms with E-state index in [-0.39, 0.29) is 16.8 Å². The van der Waals surface area contributed by atoms with Gasteiger partial charge in [0, 0.05) is 5.41 Å². The van der Waals surface area contributed by atoms with E-state index in [1.54, 1.807) is 18.2 Å². The van der Waals surface area contributed by atoms with Crippen molar-refractivity contribution in [1.82, 2.24) is 9.78 Å². The van der Waals surface area contributed by atoms with Gasteiger partial charge in [-0.1, -0.05) is 32.9 Å². The Labute approximate surface area is 110 Å². The minimum atomic E-state index is -1.12. The molecule has 4 nitrogen and oxygen atoms in total. The summed E-state index contributed by atoms with van der Waals surface area (Å²) in [6.07, 6.45) is 0. The van der Waals surface area contributed by atoms with Gasteiger partial charge in [-0.25, -0.2) is 13.9 Å². The third-order valence-electron chi connectivity index (χ3n) is 2.78. The quantitative estimate of drug-likeness (QED) is 0.905. The number of aromatic carboxylic acids is 1. The number of rotatable bonds is 2. The highest BCUT2D eigenvalue weighted by Crippen LogP contribution is 2.26. The average Bonchev–Trinajstić information content (AvgIpc) is 2.74. The second-order valence-corrected chi connectivity index (χ2v) is 5.33. The zero-order valence-corrected chi connectivity index (χ0v) is 11.0. The van der Waals surface area contributed by atoms with Crippen molar-refractivity contribution in [2.75, 3.05) is 0 Å². The Hall–Kier alpha value is -2.17. The fourth-order valence-electron chi connectivity index (χ4n) is 1.83. The van der Waals surface area contributed by atoms with Gasteiger partial charge in [-0.2, -0.15) is 5.10 Å². The van der Waals surface area contributed by atoms with Gasteiger partial charge in [-0.3, -0.25) is 0 Å². The van der Waals surface area contributed by atoms with E-state index in [1.165, 1.54) is 16.8 Å². The lowest BCUT2D eigenvalue weighted by Gasteiger charge is -2.20. The van der Waals surface area contributed by atoms with Gasteiger partial charge < -0.3 is 5.11 Å². The molecular weight excluding hydrogens is 247 g/mol. The molecule has 0 bridgehead atoms. The summed E-state index contributed by atoms with van der Waals surface area (Å²) in [4.78, 5) is 11.0. The first-order valence-corrected chi connectivity index (χ1v) is 5.89. The molecule has 19 heavy (non-hydrogen) atoms. The van der Waals surface area contributed by atoms with E-state index in [4.69, 9.17) is 5.11 Å². The van der Waals surface area contributed by atoms with Crippen LogP contribution < -0.4 is 0 Å². The summed E-state index contributed by atoms with van der Waals surface area (Å²) in [6, 6.07) is 7.64. The molecule has 0 atom stereocenters. The largest absolute Gasteiger partial charge is 0.476 e. The summed E-state index contributed by atoms with van der Waals surface area (Å²) < 4.78 is 15.2. The third-order valence-corrected chi connectivity index (χ3v) is 2.78. The van der Waals surface area contributed by atoms with E-state index in [0.29, 0.717) is 5.69 Å². The van der Waals surface area contributed by atoms with Crippen LogP contribution >= 0.6 is 0 Å². The standard InChI is InChI=1S/C14H15FN2O2/c1-14(2,3)12-8-10(13(18)19)16-17(12)11-7-5-4-6-9(11)15/h4-8H,1-3H3,(H,18,19). The third kappa shape index (κ3) is 2.50. The highest BCUT2D eigenvalue weighted by molar-refractivity contribution is 5.85. The molecule has 0 spiro atoms. The monoisotopic (exact) mass is 262 g/mol. The molecule has 2 rings (SSSR count). The van der Waals surface area contributed by atoms with Crippen LogP contribution in [0, 0.1) is 5.82 Å². The number of nitrogens with zero attached hydrogens (tertiary/aromatic N) is 2. The van der Waals surface area contributed by atoms with Gasteiger partial charge in [0.15, 0.2) is 5.69 Å².